The molecule has 1 rings (SSSR count). The molecular weight excluding hydrogens is 536 g/mol. The van der Waals surface area contributed by atoms with Gasteiger partial charge in [0.15, 0.2) is 0 Å². The summed E-state index contributed by atoms with van der Waals surface area (Å²) in [6, 6.07) is 3.63. The molecule has 0 spiro atoms. The molecule has 0 unspecified atom stereocenters. The van der Waals surface area contributed by atoms with Gasteiger partial charge in [-0.05, 0) is 79.9 Å². The number of carbonyl (C=O) groups excluding carboxylic acids is 1. The Hall–Kier alpha value is 2.52. The average Bonchev–Trinajstić information content (AvgIpc) is 1.82. The van der Waals surface area contributed by atoms with E-state index in [1.165, 1.54) is 0 Å². The molecule has 0 aliphatic heterocycles. The Bertz CT molecular complexity index is 318. The predicted octanol–water partition coefficient (Wildman–Crippen LogP) is -1.13. The fraction of sp³-hybridized carbons (Fsp3) is 0. The molecule has 1 aromatic rings. The van der Waals surface area contributed by atoms with Gasteiger partial charge in [-0.1, -0.05) is 0 Å². The molecule has 0 amide bonds. The fourth-order valence-electron chi connectivity index (χ4n) is 0.737. The van der Waals surface area contributed by atoms with Crippen LogP contribution in [0.25, 0.3) is 0 Å². The summed E-state index contributed by atoms with van der Waals surface area (Å²) >= 11 is 6.14. The summed E-state index contributed by atoms with van der Waals surface area (Å²) in [5.74, 6) is -1.11. The van der Waals surface area contributed by atoms with Crippen molar-refractivity contribution in [2.75, 3.05) is 0 Å². The van der Waals surface area contributed by atoms with Crippen molar-refractivity contribution in [1.29, 1.82) is 0 Å². The molecule has 0 N–H and O–H groups in total. The van der Waals surface area contributed by atoms with E-state index in [0.29, 0.717) is 0 Å². The van der Waals surface area contributed by atoms with Gasteiger partial charge in [-0.2, -0.15) is 0 Å². The van der Waals surface area contributed by atoms with Gasteiger partial charge < -0.3 is 9.90 Å². The normalized spacial score (nSPS) is 9.15. The molecule has 0 atom stereocenters. The Kier molecular flexibility index (Phi) is 8.31. The van der Waals surface area contributed by atoms with E-state index >= 15 is 0 Å². The fourth-order valence-corrected chi connectivity index (χ4v) is 4.76. The van der Waals surface area contributed by atoms with Crippen molar-refractivity contribution in [1.82, 2.24) is 0 Å². The van der Waals surface area contributed by atoms with E-state index < -0.39 is 5.97 Å². The molecular formula is C7H2I3KO2. The number of aromatic carboxylic acids is 1. The minimum absolute atomic E-state index is 0. The quantitative estimate of drug-likeness (QED) is 0.336. The summed E-state index contributed by atoms with van der Waals surface area (Å²) in [5, 5.41) is 10.6. The number of benzene rings is 1. The van der Waals surface area contributed by atoms with Gasteiger partial charge in [0.25, 0.3) is 0 Å². The topological polar surface area (TPSA) is 40.1 Å². The third-order valence-electron chi connectivity index (χ3n) is 1.21. The van der Waals surface area contributed by atoms with Gasteiger partial charge in [0.2, 0.25) is 0 Å². The number of carbonyl (C=O) groups is 1. The van der Waals surface area contributed by atoms with E-state index in [1.54, 1.807) is 0 Å². The maximum absolute atomic E-state index is 10.6. The number of carboxylic acid groups (broad SMARTS) is 1. The van der Waals surface area contributed by atoms with Crippen molar-refractivity contribution in [3.63, 3.8) is 0 Å². The van der Waals surface area contributed by atoms with Crippen LogP contribution in [0.15, 0.2) is 12.1 Å². The second-order valence-electron chi connectivity index (χ2n) is 2.03. The molecule has 64 valence electrons. The van der Waals surface area contributed by atoms with Gasteiger partial charge in [-0.15, -0.1) is 0 Å². The molecule has 0 aliphatic carbocycles. The Balaban J connectivity index is 0.00000144. The second kappa shape index (κ2) is 6.96. The largest absolute Gasteiger partial charge is 1.00 e. The molecule has 0 aliphatic rings. The van der Waals surface area contributed by atoms with E-state index in [4.69, 9.17) is 0 Å². The predicted molar refractivity (Wildman–Crippen MR) is 68.9 cm³/mol. The van der Waals surface area contributed by atoms with E-state index in [2.05, 4.69) is 22.6 Å². The molecule has 0 saturated heterocycles. The molecule has 0 fully saturated rings. The van der Waals surface area contributed by atoms with Crippen molar-refractivity contribution in [2.24, 2.45) is 0 Å². The van der Waals surface area contributed by atoms with Crippen LogP contribution >= 0.6 is 67.8 Å². The third kappa shape index (κ3) is 4.49. The van der Waals surface area contributed by atoms with Gasteiger partial charge >= 0.3 is 51.4 Å². The average molecular weight is 538 g/mol. The summed E-state index contributed by atoms with van der Waals surface area (Å²) < 4.78 is 2.49. The first-order valence-electron chi connectivity index (χ1n) is 2.88. The molecule has 0 saturated carbocycles. The van der Waals surface area contributed by atoms with E-state index in [9.17, 15) is 9.90 Å². The first-order valence-corrected chi connectivity index (χ1v) is 6.12. The maximum atomic E-state index is 10.6. The summed E-state index contributed by atoms with van der Waals surface area (Å²) in [5.41, 5.74) is 0.289. The van der Waals surface area contributed by atoms with Gasteiger partial charge in [0.05, 0.1) is 5.97 Å². The summed E-state index contributed by atoms with van der Waals surface area (Å²) in [6.07, 6.45) is 0. The molecule has 6 heteroatoms. The number of carboxylic acids is 1. The molecule has 0 aromatic heterocycles. The van der Waals surface area contributed by atoms with Gasteiger partial charge in [-0.3, -0.25) is 0 Å². The van der Waals surface area contributed by atoms with Crippen molar-refractivity contribution in [2.45, 2.75) is 0 Å². The molecule has 13 heavy (non-hydrogen) atoms. The van der Waals surface area contributed by atoms with Crippen LogP contribution in [-0.2, 0) is 0 Å². The monoisotopic (exact) mass is 538 g/mol. The van der Waals surface area contributed by atoms with Crippen LogP contribution < -0.4 is 56.5 Å². The van der Waals surface area contributed by atoms with Crippen LogP contribution in [0.1, 0.15) is 10.4 Å². The zero-order valence-electron chi connectivity index (χ0n) is 6.61. The number of rotatable bonds is 1. The third-order valence-corrected chi connectivity index (χ3v) is 3.54. The SMILES string of the molecule is O=C([O-])c1c(I)cc(I)cc1I.[K+]. The van der Waals surface area contributed by atoms with Crippen LogP contribution in [-0.4, -0.2) is 5.97 Å². The summed E-state index contributed by atoms with van der Waals surface area (Å²) in [4.78, 5) is 10.6. The van der Waals surface area contributed by atoms with Crippen LogP contribution in [0.5, 0.6) is 0 Å². The van der Waals surface area contributed by atoms with Crippen LogP contribution in [0.3, 0.4) is 0 Å². The Labute approximate surface area is 159 Å². The standard InChI is InChI=1S/C7H3I3O2.K/c8-3-1-4(9)6(7(11)12)5(10)2-3;/h1-2H,(H,11,12);/q;+1/p-1. The minimum Gasteiger partial charge on any atom is -0.545 e. The Morgan fingerprint density at radius 2 is 1.54 bits per heavy atom. The zero-order valence-corrected chi connectivity index (χ0v) is 16.2. The Morgan fingerprint density at radius 1 is 1.15 bits per heavy atom. The van der Waals surface area contributed by atoms with Crippen LogP contribution in [0.2, 0.25) is 0 Å². The minimum atomic E-state index is -1.11. The van der Waals surface area contributed by atoms with Gasteiger partial charge in [0.1, 0.15) is 0 Å². The maximum Gasteiger partial charge on any atom is 1.00 e. The van der Waals surface area contributed by atoms with Crippen molar-refractivity contribution in [3.8, 4) is 0 Å². The summed E-state index contributed by atoms with van der Waals surface area (Å²) in [6.45, 7) is 0. The molecule has 0 radical (unpaired) electrons. The van der Waals surface area contributed by atoms with Gasteiger partial charge in [0, 0.05) is 16.3 Å². The van der Waals surface area contributed by atoms with Crippen molar-refractivity contribution in [3.05, 3.63) is 28.4 Å². The second-order valence-corrected chi connectivity index (χ2v) is 5.60. The number of halogens is 3. The van der Waals surface area contributed by atoms with E-state index in [-0.39, 0.29) is 56.9 Å². The smallest absolute Gasteiger partial charge is 0.545 e. The number of hydrogen-bond donors (Lipinski definition) is 0. The number of hydrogen-bond acceptors (Lipinski definition) is 2. The molecule has 1 aromatic carbocycles. The molecule has 2 nitrogen and oxygen atoms in total. The van der Waals surface area contributed by atoms with Gasteiger partial charge in [-0.25, -0.2) is 0 Å². The molecule has 0 heterocycles. The van der Waals surface area contributed by atoms with Crippen molar-refractivity contribution >= 4 is 73.7 Å². The first kappa shape index (κ1) is 15.5. The van der Waals surface area contributed by atoms with E-state index in [1.807, 2.05) is 57.3 Å². The Morgan fingerprint density at radius 3 is 1.85 bits per heavy atom. The van der Waals surface area contributed by atoms with Crippen molar-refractivity contribution < 1.29 is 61.3 Å². The van der Waals surface area contributed by atoms with E-state index in [0.717, 1.165) is 10.7 Å². The summed E-state index contributed by atoms with van der Waals surface area (Å²) in [7, 11) is 0. The first-order chi connectivity index (χ1) is 5.52. The van der Waals surface area contributed by atoms with Crippen LogP contribution in [0, 0.1) is 10.7 Å². The van der Waals surface area contributed by atoms with Crippen LogP contribution in [0.4, 0.5) is 0 Å². The zero-order chi connectivity index (χ0) is 9.30. The molecule has 0 bridgehead atoms.